The molecule has 0 aliphatic carbocycles. The van der Waals surface area contributed by atoms with Gasteiger partial charge in [-0.15, -0.1) is 0 Å². The molecule has 0 aromatic rings. The molecule has 1 fully saturated rings. The van der Waals surface area contributed by atoms with E-state index in [0.717, 1.165) is 11.9 Å². The molecule has 1 amide bonds. The summed E-state index contributed by atoms with van der Waals surface area (Å²) in [6.07, 6.45) is 1.71. The lowest BCUT2D eigenvalue weighted by atomic mass is 9.88. The van der Waals surface area contributed by atoms with Crippen LogP contribution in [0.3, 0.4) is 0 Å². The highest BCUT2D eigenvalue weighted by molar-refractivity contribution is 7.97. The molecule has 0 aromatic heterocycles. The Morgan fingerprint density at radius 3 is 2.09 bits per heavy atom. The number of nitrogens with zero attached hydrogens (tertiary/aromatic N) is 1. The summed E-state index contributed by atoms with van der Waals surface area (Å²) in [5.74, 6) is -1.50. The molecule has 10 nitrogen and oxygen atoms in total. The van der Waals surface area contributed by atoms with Gasteiger partial charge in [0.2, 0.25) is 5.54 Å². The molecule has 1 rings (SSSR count). The highest BCUT2D eigenvalue weighted by Crippen LogP contribution is 2.37. The quantitative estimate of drug-likeness (QED) is 0.110. The van der Waals surface area contributed by atoms with Crippen LogP contribution in [0, 0.1) is 0 Å². The summed E-state index contributed by atoms with van der Waals surface area (Å²) in [6, 6.07) is 0. The Morgan fingerprint density at radius 1 is 1.09 bits per heavy atom. The molecule has 0 spiro atoms. The van der Waals surface area contributed by atoms with Gasteiger partial charge in [0.05, 0.1) is 6.61 Å². The standard InChI is InChI=1S/C22H36N2O8S/c1-8-12-29-17(25)22(18(26)30-13-9-2,24-11-14-28-16-33-24)15-21(7,31-10-3)23-19(27)32-20(4,5)6/h8-9H,1-2,10-16H2,3-7H3,(H,23,27)/t21-/m0/s1. The Morgan fingerprint density at radius 2 is 1.67 bits per heavy atom. The number of alkyl carbamates (subject to hydrolysis) is 1. The van der Waals surface area contributed by atoms with Crippen LogP contribution >= 0.6 is 11.9 Å². The van der Waals surface area contributed by atoms with Gasteiger partial charge in [0.15, 0.2) is 0 Å². The second-order valence-electron chi connectivity index (χ2n) is 8.36. The normalized spacial score (nSPS) is 16.8. The van der Waals surface area contributed by atoms with Gasteiger partial charge in [-0.05, 0) is 46.6 Å². The number of amides is 1. The third kappa shape index (κ3) is 8.65. The van der Waals surface area contributed by atoms with Crippen LogP contribution in [0.4, 0.5) is 4.79 Å². The Balaban J connectivity index is 3.48. The number of esters is 2. The van der Waals surface area contributed by atoms with E-state index in [1.165, 1.54) is 12.2 Å². The number of ether oxygens (including phenoxy) is 5. The summed E-state index contributed by atoms with van der Waals surface area (Å²) < 4.78 is 28.8. The molecule has 11 heteroatoms. The molecular formula is C22H36N2O8S. The van der Waals surface area contributed by atoms with Gasteiger partial charge in [0.1, 0.15) is 30.5 Å². The van der Waals surface area contributed by atoms with Crippen molar-refractivity contribution in [3.8, 4) is 0 Å². The first-order chi connectivity index (χ1) is 15.4. The summed E-state index contributed by atoms with van der Waals surface area (Å²) in [5.41, 5.74) is -4.21. The van der Waals surface area contributed by atoms with Crippen LogP contribution in [0.2, 0.25) is 0 Å². The van der Waals surface area contributed by atoms with Crippen molar-refractivity contribution in [2.24, 2.45) is 0 Å². The van der Waals surface area contributed by atoms with E-state index < -0.39 is 34.9 Å². The molecular weight excluding hydrogens is 452 g/mol. The van der Waals surface area contributed by atoms with Crippen molar-refractivity contribution in [3.05, 3.63) is 25.3 Å². The van der Waals surface area contributed by atoms with Gasteiger partial charge in [-0.3, -0.25) is 5.32 Å². The van der Waals surface area contributed by atoms with Gasteiger partial charge in [0, 0.05) is 19.6 Å². The maximum atomic E-state index is 13.4. The average Bonchev–Trinajstić information content (AvgIpc) is 2.73. The van der Waals surface area contributed by atoms with Crippen molar-refractivity contribution in [2.75, 3.05) is 38.9 Å². The van der Waals surface area contributed by atoms with Gasteiger partial charge in [-0.1, -0.05) is 25.3 Å². The average molecular weight is 489 g/mol. The Bertz CT molecular complexity index is 679. The van der Waals surface area contributed by atoms with Gasteiger partial charge < -0.3 is 23.7 Å². The van der Waals surface area contributed by atoms with E-state index in [9.17, 15) is 14.4 Å². The Labute approximate surface area is 200 Å². The molecule has 0 saturated carbocycles. The van der Waals surface area contributed by atoms with Gasteiger partial charge >= 0.3 is 18.0 Å². The molecule has 33 heavy (non-hydrogen) atoms. The number of carbonyl (C=O) groups excluding carboxylic acids is 3. The van der Waals surface area contributed by atoms with E-state index >= 15 is 0 Å². The van der Waals surface area contributed by atoms with Crippen molar-refractivity contribution in [3.63, 3.8) is 0 Å². The van der Waals surface area contributed by atoms with E-state index in [1.54, 1.807) is 38.9 Å². The van der Waals surface area contributed by atoms with E-state index in [1.807, 2.05) is 0 Å². The molecule has 1 heterocycles. The van der Waals surface area contributed by atoms with E-state index in [4.69, 9.17) is 23.7 Å². The molecule has 0 aromatic carbocycles. The topological polar surface area (TPSA) is 113 Å². The largest absolute Gasteiger partial charge is 0.460 e. The fourth-order valence-electron chi connectivity index (χ4n) is 3.16. The Hall–Kier alpha value is -2.08. The number of nitrogens with one attached hydrogen (secondary N) is 1. The number of hydrogen-bond donors (Lipinski definition) is 1. The minimum absolute atomic E-state index is 0.116. The van der Waals surface area contributed by atoms with Crippen LogP contribution < -0.4 is 5.32 Å². The molecule has 188 valence electrons. The van der Waals surface area contributed by atoms with Crippen LogP contribution in [0.1, 0.15) is 41.0 Å². The first-order valence-corrected chi connectivity index (χ1v) is 11.6. The lowest BCUT2D eigenvalue weighted by Crippen LogP contribution is -2.66. The van der Waals surface area contributed by atoms with Crippen LogP contribution in [-0.4, -0.2) is 78.1 Å². The van der Waals surface area contributed by atoms with E-state index in [0.29, 0.717) is 0 Å². The number of carbonyl (C=O) groups is 3. The summed E-state index contributed by atoms with van der Waals surface area (Å²) >= 11 is 1.14. The monoisotopic (exact) mass is 488 g/mol. The summed E-state index contributed by atoms with van der Waals surface area (Å²) in [6.45, 7) is 16.0. The molecule has 1 atom stereocenters. The number of rotatable bonds is 12. The summed E-state index contributed by atoms with van der Waals surface area (Å²) in [5, 5.41) is 2.66. The van der Waals surface area contributed by atoms with Gasteiger partial charge in [-0.2, -0.15) is 0 Å². The second kappa shape index (κ2) is 13.0. The lowest BCUT2D eigenvalue weighted by molar-refractivity contribution is -0.178. The van der Waals surface area contributed by atoms with Gasteiger partial charge in [-0.25, -0.2) is 18.7 Å². The summed E-state index contributed by atoms with van der Waals surface area (Å²) in [4.78, 5) is 39.4. The zero-order chi connectivity index (χ0) is 25.1. The van der Waals surface area contributed by atoms with Crippen molar-refractivity contribution >= 4 is 30.0 Å². The fourth-order valence-corrected chi connectivity index (χ4v) is 4.12. The Kier molecular flexibility index (Phi) is 11.4. The highest BCUT2D eigenvalue weighted by atomic mass is 32.2. The van der Waals surface area contributed by atoms with Crippen LogP contribution in [0.5, 0.6) is 0 Å². The van der Waals surface area contributed by atoms with E-state index in [2.05, 4.69) is 18.5 Å². The minimum Gasteiger partial charge on any atom is -0.460 e. The predicted octanol–water partition coefficient (Wildman–Crippen LogP) is 2.79. The van der Waals surface area contributed by atoms with Crippen molar-refractivity contribution in [1.82, 2.24) is 9.62 Å². The maximum Gasteiger partial charge on any atom is 0.409 e. The smallest absolute Gasteiger partial charge is 0.409 e. The van der Waals surface area contributed by atoms with E-state index in [-0.39, 0.29) is 45.3 Å². The fraction of sp³-hybridized carbons (Fsp3) is 0.682. The zero-order valence-corrected chi connectivity index (χ0v) is 21.0. The van der Waals surface area contributed by atoms with Crippen LogP contribution in [-0.2, 0) is 33.3 Å². The lowest BCUT2D eigenvalue weighted by Gasteiger charge is -2.44. The first-order valence-electron chi connectivity index (χ1n) is 10.6. The number of hydrogen-bond acceptors (Lipinski definition) is 10. The first kappa shape index (κ1) is 29.0. The molecule has 1 aliphatic rings. The highest BCUT2D eigenvalue weighted by Gasteiger charge is 2.59. The van der Waals surface area contributed by atoms with Crippen molar-refractivity contribution in [2.45, 2.75) is 57.9 Å². The molecule has 1 saturated heterocycles. The maximum absolute atomic E-state index is 13.4. The van der Waals surface area contributed by atoms with Crippen LogP contribution in [0.25, 0.3) is 0 Å². The third-order valence-electron chi connectivity index (χ3n) is 4.32. The minimum atomic E-state index is -1.96. The second-order valence-corrected chi connectivity index (χ2v) is 9.29. The zero-order valence-electron chi connectivity index (χ0n) is 20.1. The molecule has 0 unspecified atom stereocenters. The molecule has 0 radical (unpaired) electrons. The molecule has 1 N–H and O–H groups in total. The van der Waals surface area contributed by atoms with Gasteiger partial charge in [0.25, 0.3) is 0 Å². The third-order valence-corrected chi connectivity index (χ3v) is 5.40. The predicted molar refractivity (Wildman–Crippen MR) is 124 cm³/mol. The SMILES string of the molecule is C=CCOC(=O)C(C[C@@](C)(NC(=O)OC(C)(C)C)OCC)(C(=O)OCC=C)N1CCOCS1. The molecule has 0 bridgehead atoms. The van der Waals surface area contributed by atoms with Crippen molar-refractivity contribution < 1.29 is 38.1 Å². The molecule has 1 aliphatic heterocycles. The van der Waals surface area contributed by atoms with Crippen molar-refractivity contribution in [1.29, 1.82) is 0 Å². The van der Waals surface area contributed by atoms with Crippen LogP contribution in [0.15, 0.2) is 25.3 Å². The summed E-state index contributed by atoms with van der Waals surface area (Å²) in [7, 11) is 0.